The molecule has 0 bridgehead atoms. The molecule has 0 spiro atoms. The molecule has 50 valence electrons. The normalized spacial score (nSPS) is 23.3. The number of hydrogen-bond acceptors (Lipinski definition) is 4. The molecule has 1 aliphatic rings. The van der Waals surface area contributed by atoms with E-state index in [9.17, 15) is 8.42 Å². The topological polar surface area (TPSA) is 34.1 Å². The molecule has 0 aliphatic carbocycles. The zero-order valence-corrected chi connectivity index (χ0v) is 6.88. The number of hydrogen-bond donors (Lipinski definition) is 2. The Hall–Kier alpha value is 0.130. The molecule has 1 heterocycles. The smallest absolute Gasteiger partial charge is 0.217 e. The van der Waals surface area contributed by atoms with E-state index >= 15 is 0 Å². The monoisotopic (exact) mass is 180 g/mol. The van der Waals surface area contributed by atoms with Crippen LogP contribution < -0.4 is 0 Å². The van der Waals surface area contributed by atoms with Crippen molar-refractivity contribution in [1.29, 1.82) is 0 Å². The summed E-state index contributed by atoms with van der Waals surface area (Å²) in [5.41, 5.74) is 0. The van der Waals surface area contributed by atoms with Gasteiger partial charge in [0.15, 0.2) is 0 Å². The van der Waals surface area contributed by atoms with Gasteiger partial charge in [0.1, 0.15) is 8.47 Å². The van der Waals surface area contributed by atoms with Crippen molar-refractivity contribution in [1.82, 2.24) is 0 Å². The number of rotatable bonds is 0. The first kappa shape index (κ1) is 7.24. The zero-order valence-electron chi connectivity index (χ0n) is 4.27. The summed E-state index contributed by atoms with van der Waals surface area (Å²) in [5, 5.41) is 0. The number of sulfone groups is 1. The molecular weight excluding hydrogens is 176 g/mol. The van der Waals surface area contributed by atoms with Gasteiger partial charge in [0.05, 0.1) is 0 Å². The van der Waals surface area contributed by atoms with Gasteiger partial charge in [-0.2, -0.15) is 0 Å². The van der Waals surface area contributed by atoms with E-state index in [0.29, 0.717) is 0 Å². The first-order chi connectivity index (χ1) is 4.05. The zero-order chi connectivity index (χ0) is 7.07. The maximum atomic E-state index is 10.8. The minimum absolute atomic E-state index is 0.0625. The Labute approximate surface area is 64.4 Å². The molecule has 1 rings (SSSR count). The summed E-state index contributed by atoms with van der Waals surface area (Å²) in [4.78, 5) is 0. The Morgan fingerprint density at radius 3 is 1.56 bits per heavy atom. The highest BCUT2D eigenvalue weighted by Gasteiger charge is 2.21. The first-order valence-electron chi connectivity index (χ1n) is 2.10. The first-order valence-corrected chi connectivity index (χ1v) is 4.48. The maximum Gasteiger partial charge on any atom is 0.218 e. The lowest BCUT2D eigenvalue weighted by molar-refractivity contribution is 0.612. The predicted molar refractivity (Wildman–Crippen MR) is 43.1 cm³/mol. The molecule has 0 saturated heterocycles. The van der Waals surface area contributed by atoms with E-state index in [2.05, 4.69) is 25.3 Å². The summed E-state index contributed by atoms with van der Waals surface area (Å²) in [7, 11) is -3.25. The quantitative estimate of drug-likeness (QED) is 0.544. The lowest BCUT2D eigenvalue weighted by Crippen LogP contribution is -1.93. The van der Waals surface area contributed by atoms with Crippen LogP contribution in [0.1, 0.15) is 0 Å². The van der Waals surface area contributed by atoms with Crippen LogP contribution in [0.25, 0.3) is 0 Å². The van der Waals surface area contributed by atoms with Gasteiger partial charge in [-0.15, -0.1) is 25.3 Å². The van der Waals surface area contributed by atoms with E-state index in [4.69, 9.17) is 0 Å². The minimum atomic E-state index is -3.25. The predicted octanol–water partition coefficient (Wildman–Crippen LogP) is 0.957. The maximum absolute atomic E-state index is 10.8. The lowest BCUT2D eigenvalue weighted by Gasteiger charge is -1.92. The van der Waals surface area contributed by atoms with Gasteiger partial charge in [0.2, 0.25) is 9.84 Å². The standard InChI is InChI=1S/C4H4O2S3/c5-9(6)3(7)1-2-4(9)8/h1-2,7-8H. The van der Waals surface area contributed by atoms with E-state index in [-0.39, 0.29) is 8.47 Å². The highest BCUT2D eigenvalue weighted by atomic mass is 32.3. The second-order valence-electron chi connectivity index (χ2n) is 1.51. The second-order valence-corrected chi connectivity index (χ2v) is 4.97. The minimum Gasteiger partial charge on any atom is -0.217 e. The average molecular weight is 180 g/mol. The van der Waals surface area contributed by atoms with Crippen LogP contribution >= 0.6 is 25.3 Å². The van der Waals surface area contributed by atoms with Gasteiger partial charge in [-0.3, -0.25) is 0 Å². The Kier molecular flexibility index (Phi) is 1.67. The Bertz CT molecular complexity index is 259. The summed E-state index contributed by atoms with van der Waals surface area (Å²) in [6, 6.07) is 0. The van der Waals surface area contributed by atoms with E-state index in [1.807, 2.05) is 0 Å². The van der Waals surface area contributed by atoms with Crippen LogP contribution in [0.3, 0.4) is 0 Å². The summed E-state index contributed by atoms with van der Waals surface area (Å²) in [5.74, 6) is 0. The van der Waals surface area contributed by atoms with E-state index < -0.39 is 9.84 Å². The summed E-state index contributed by atoms with van der Waals surface area (Å²) < 4.78 is 21.7. The molecular formula is C4H4O2S3. The van der Waals surface area contributed by atoms with E-state index in [0.717, 1.165) is 0 Å². The van der Waals surface area contributed by atoms with Gasteiger partial charge >= 0.3 is 0 Å². The molecule has 5 heteroatoms. The van der Waals surface area contributed by atoms with Crippen LogP contribution in [0.2, 0.25) is 0 Å². The molecule has 0 fully saturated rings. The highest BCUT2D eigenvalue weighted by Crippen LogP contribution is 2.28. The molecule has 0 N–H and O–H groups in total. The van der Waals surface area contributed by atoms with Crippen molar-refractivity contribution in [2.45, 2.75) is 0 Å². The molecule has 0 aromatic carbocycles. The van der Waals surface area contributed by atoms with Gasteiger partial charge in [0, 0.05) is 0 Å². The summed E-state index contributed by atoms with van der Waals surface area (Å²) in [6.45, 7) is 0. The van der Waals surface area contributed by atoms with Crippen molar-refractivity contribution in [3.63, 3.8) is 0 Å². The van der Waals surface area contributed by atoms with Gasteiger partial charge < -0.3 is 0 Å². The van der Waals surface area contributed by atoms with Crippen molar-refractivity contribution >= 4 is 35.1 Å². The van der Waals surface area contributed by atoms with Crippen LogP contribution in [-0.4, -0.2) is 8.42 Å². The van der Waals surface area contributed by atoms with Crippen molar-refractivity contribution in [3.05, 3.63) is 20.6 Å². The van der Waals surface area contributed by atoms with Crippen molar-refractivity contribution in [2.24, 2.45) is 0 Å². The van der Waals surface area contributed by atoms with Gasteiger partial charge in [-0.05, 0) is 12.2 Å². The Balaban J connectivity index is 3.29. The van der Waals surface area contributed by atoms with Crippen LogP contribution in [0.15, 0.2) is 20.6 Å². The number of thiol groups is 2. The van der Waals surface area contributed by atoms with Crippen LogP contribution in [-0.2, 0) is 9.84 Å². The van der Waals surface area contributed by atoms with E-state index in [1.165, 1.54) is 12.2 Å². The van der Waals surface area contributed by atoms with E-state index in [1.54, 1.807) is 0 Å². The van der Waals surface area contributed by atoms with Gasteiger partial charge in [-0.25, -0.2) is 8.42 Å². The third-order valence-corrected chi connectivity index (χ3v) is 4.03. The van der Waals surface area contributed by atoms with Crippen LogP contribution in [0.5, 0.6) is 0 Å². The van der Waals surface area contributed by atoms with Crippen LogP contribution in [0.4, 0.5) is 0 Å². The fourth-order valence-electron chi connectivity index (χ4n) is 0.429. The third-order valence-electron chi connectivity index (χ3n) is 0.919. The fourth-order valence-corrected chi connectivity index (χ4v) is 2.09. The van der Waals surface area contributed by atoms with Crippen molar-refractivity contribution in [3.8, 4) is 0 Å². The molecule has 0 amide bonds. The third kappa shape index (κ3) is 1.04. The van der Waals surface area contributed by atoms with Crippen molar-refractivity contribution < 1.29 is 8.42 Å². The Morgan fingerprint density at radius 2 is 1.44 bits per heavy atom. The lowest BCUT2D eigenvalue weighted by atomic mass is 10.6. The molecule has 0 unspecified atom stereocenters. The van der Waals surface area contributed by atoms with Crippen LogP contribution in [0, 0.1) is 0 Å². The second kappa shape index (κ2) is 2.07. The largest absolute Gasteiger partial charge is 0.218 e. The molecule has 1 aliphatic heterocycles. The molecule has 0 radical (unpaired) electrons. The molecule has 0 atom stereocenters. The molecule has 0 aromatic rings. The molecule has 9 heavy (non-hydrogen) atoms. The van der Waals surface area contributed by atoms with Crippen molar-refractivity contribution in [2.75, 3.05) is 0 Å². The Morgan fingerprint density at radius 1 is 1.11 bits per heavy atom. The molecule has 0 aromatic heterocycles. The van der Waals surface area contributed by atoms with Gasteiger partial charge in [0.25, 0.3) is 0 Å². The molecule has 2 nitrogen and oxygen atoms in total. The average Bonchev–Trinajstić information content (AvgIpc) is 1.96. The summed E-state index contributed by atoms with van der Waals surface area (Å²) in [6.07, 6.45) is 2.81. The SMILES string of the molecule is O=S1(=O)C(S)=CC=C1S. The number of allylic oxidation sites excluding steroid dienone is 2. The van der Waals surface area contributed by atoms with Gasteiger partial charge in [-0.1, -0.05) is 0 Å². The fraction of sp³-hybridized carbons (Fsp3) is 0. The highest BCUT2D eigenvalue weighted by molar-refractivity contribution is 8.20. The summed E-state index contributed by atoms with van der Waals surface area (Å²) >= 11 is 7.41. The molecule has 0 saturated carbocycles.